The summed E-state index contributed by atoms with van der Waals surface area (Å²) in [6, 6.07) is 1.22. The van der Waals surface area contributed by atoms with Gasteiger partial charge in [-0.25, -0.2) is 0 Å². The minimum atomic E-state index is -4.45. The normalized spacial score (nSPS) is 31.7. The molecule has 1 aromatic rings. The van der Waals surface area contributed by atoms with Gasteiger partial charge < -0.3 is 19.9 Å². The molecule has 1 aromatic heterocycles. The number of piperidine rings is 1. The second-order valence-corrected chi connectivity index (χ2v) is 10.8. The van der Waals surface area contributed by atoms with E-state index in [0.717, 1.165) is 90.4 Å². The molecule has 3 aliphatic heterocycles. The van der Waals surface area contributed by atoms with Gasteiger partial charge in [0.2, 0.25) is 0 Å². The van der Waals surface area contributed by atoms with Gasteiger partial charge in [0.05, 0.1) is 0 Å². The molecule has 6 nitrogen and oxygen atoms in total. The monoisotopic (exact) mass is 467 g/mol. The Labute approximate surface area is 194 Å². The predicted octanol–water partition coefficient (Wildman–Crippen LogP) is 4.28. The van der Waals surface area contributed by atoms with Gasteiger partial charge in [0.1, 0.15) is 5.56 Å². The Hall–Kier alpha value is -1.61. The van der Waals surface area contributed by atoms with Crippen molar-refractivity contribution in [3.05, 3.63) is 11.6 Å². The van der Waals surface area contributed by atoms with E-state index in [4.69, 9.17) is 4.74 Å². The maximum absolute atomic E-state index is 13.9. The van der Waals surface area contributed by atoms with Crippen molar-refractivity contribution in [1.29, 1.82) is 0 Å². The zero-order valence-corrected chi connectivity index (χ0v) is 19.5. The van der Waals surface area contributed by atoms with Crippen molar-refractivity contribution < 1.29 is 17.9 Å². The highest BCUT2D eigenvalue weighted by Crippen LogP contribution is 2.42. The van der Waals surface area contributed by atoms with Crippen molar-refractivity contribution >= 4 is 11.6 Å². The Kier molecular flexibility index (Phi) is 6.71. The fourth-order valence-electron chi connectivity index (χ4n) is 6.41. The van der Waals surface area contributed by atoms with E-state index in [2.05, 4.69) is 27.3 Å². The van der Waals surface area contributed by atoms with E-state index >= 15 is 0 Å². The lowest BCUT2D eigenvalue weighted by molar-refractivity contribution is -0.137. The molecule has 4 heterocycles. The van der Waals surface area contributed by atoms with Gasteiger partial charge in [-0.2, -0.15) is 13.2 Å². The Morgan fingerprint density at radius 3 is 2.45 bits per heavy atom. The average molecular weight is 468 g/mol. The van der Waals surface area contributed by atoms with E-state index in [-0.39, 0.29) is 11.9 Å². The van der Waals surface area contributed by atoms with E-state index in [9.17, 15) is 13.2 Å². The number of alkyl halides is 3. The molecule has 2 unspecified atom stereocenters. The van der Waals surface area contributed by atoms with Crippen LogP contribution in [0.2, 0.25) is 0 Å². The van der Waals surface area contributed by atoms with E-state index in [0.29, 0.717) is 23.6 Å². The zero-order valence-electron chi connectivity index (χ0n) is 19.5. The maximum Gasteiger partial charge on any atom is 0.420 e. The van der Waals surface area contributed by atoms with Crippen LogP contribution in [-0.4, -0.2) is 67.1 Å². The molecule has 9 heteroatoms. The zero-order chi connectivity index (χ0) is 23.0. The summed E-state index contributed by atoms with van der Waals surface area (Å²) in [5.74, 6) is 2.51. The molecule has 1 N–H and O–H groups in total. The third kappa shape index (κ3) is 5.39. The molecular formula is C24H36F3N5O. The maximum atomic E-state index is 13.9. The van der Waals surface area contributed by atoms with Crippen LogP contribution in [0.4, 0.5) is 24.8 Å². The van der Waals surface area contributed by atoms with Crippen LogP contribution in [0.25, 0.3) is 0 Å². The van der Waals surface area contributed by atoms with Gasteiger partial charge in [0, 0.05) is 52.0 Å². The minimum absolute atomic E-state index is 0.0292. The molecule has 4 fully saturated rings. The van der Waals surface area contributed by atoms with E-state index in [1.54, 1.807) is 0 Å². The molecule has 1 saturated carbocycles. The summed E-state index contributed by atoms with van der Waals surface area (Å²) < 4.78 is 47.2. The summed E-state index contributed by atoms with van der Waals surface area (Å²) in [7, 11) is 0. The lowest BCUT2D eigenvalue weighted by Gasteiger charge is -2.32. The average Bonchev–Trinajstić information content (AvgIpc) is 3.32. The first-order valence-corrected chi connectivity index (χ1v) is 12.6. The van der Waals surface area contributed by atoms with Gasteiger partial charge in [-0.3, -0.25) is 0 Å². The topological polar surface area (TPSA) is 53.5 Å². The summed E-state index contributed by atoms with van der Waals surface area (Å²) in [4.78, 5) is 4.50. The number of nitrogens with one attached hydrogen (secondary N) is 1. The van der Waals surface area contributed by atoms with Crippen LogP contribution in [0.15, 0.2) is 6.07 Å². The number of likely N-dealkylation sites (tertiary alicyclic amines) is 1. The van der Waals surface area contributed by atoms with Gasteiger partial charge in [0.25, 0.3) is 0 Å². The molecule has 0 spiro atoms. The smallest absolute Gasteiger partial charge is 0.381 e. The largest absolute Gasteiger partial charge is 0.420 e. The van der Waals surface area contributed by atoms with Crippen molar-refractivity contribution in [2.24, 2.45) is 23.7 Å². The molecule has 5 rings (SSSR count). The standard InChI is InChI=1S/C24H36F3N5O/c1-16-3-2-6-32(12-16)22-11-21(24(25,26)27)23(30-29-22)28-20-9-18-14-31(15-19(18)10-20)13-17-4-7-33-8-5-17/h11,16-20H,2-10,12-15H2,1H3,(H,28,30)/t16-,18?,19?,20?/m1/s1. The molecule has 1 aliphatic carbocycles. The molecule has 184 valence electrons. The van der Waals surface area contributed by atoms with Crippen LogP contribution in [0, 0.1) is 23.7 Å². The summed E-state index contributed by atoms with van der Waals surface area (Å²) in [6.07, 6.45) is 1.71. The van der Waals surface area contributed by atoms with Crippen molar-refractivity contribution in [3.63, 3.8) is 0 Å². The summed E-state index contributed by atoms with van der Waals surface area (Å²) >= 11 is 0. The highest BCUT2D eigenvalue weighted by Gasteiger charge is 2.43. The van der Waals surface area contributed by atoms with Gasteiger partial charge in [-0.1, -0.05) is 6.92 Å². The second-order valence-electron chi connectivity index (χ2n) is 10.8. The molecule has 0 bridgehead atoms. The number of nitrogens with zero attached hydrogens (tertiary/aromatic N) is 4. The number of halogens is 3. The molecule has 0 aromatic carbocycles. The van der Waals surface area contributed by atoms with E-state index < -0.39 is 11.7 Å². The summed E-state index contributed by atoms with van der Waals surface area (Å²) in [5.41, 5.74) is -0.691. The first kappa shape index (κ1) is 23.1. The number of anilines is 2. The molecule has 33 heavy (non-hydrogen) atoms. The highest BCUT2D eigenvalue weighted by molar-refractivity contribution is 5.53. The van der Waals surface area contributed by atoms with Crippen molar-refractivity contribution in [3.8, 4) is 0 Å². The number of fused-ring (bicyclic) bond motifs is 1. The summed E-state index contributed by atoms with van der Waals surface area (Å²) in [6.45, 7) is 8.59. The molecule has 3 saturated heterocycles. The van der Waals surface area contributed by atoms with Gasteiger partial charge in [-0.05, 0) is 68.3 Å². The fourth-order valence-corrected chi connectivity index (χ4v) is 6.41. The van der Waals surface area contributed by atoms with Crippen LogP contribution in [-0.2, 0) is 10.9 Å². The lowest BCUT2D eigenvalue weighted by Crippen LogP contribution is -2.35. The number of aromatic nitrogens is 2. The number of hydrogen-bond donors (Lipinski definition) is 1. The van der Waals surface area contributed by atoms with Crippen LogP contribution in [0.1, 0.15) is 51.0 Å². The Balaban J connectivity index is 1.21. The SMILES string of the molecule is C[C@@H]1CCCN(c2cc(C(F)(F)F)c(NC3CC4CN(CC5CCOCC5)CC4C3)nn2)C1. The molecule has 0 amide bonds. The van der Waals surface area contributed by atoms with Gasteiger partial charge in [-0.15, -0.1) is 10.2 Å². The molecule has 3 atom stereocenters. The first-order valence-electron chi connectivity index (χ1n) is 12.6. The minimum Gasteiger partial charge on any atom is -0.381 e. The lowest BCUT2D eigenvalue weighted by atomic mass is 10.00. The van der Waals surface area contributed by atoms with Crippen molar-refractivity contribution in [1.82, 2.24) is 15.1 Å². The predicted molar refractivity (Wildman–Crippen MR) is 121 cm³/mol. The van der Waals surface area contributed by atoms with Crippen LogP contribution >= 0.6 is 0 Å². The van der Waals surface area contributed by atoms with Crippen LogP contribution in [0.3, 0.4) is 0 Å². The number of ether oxygens (including phenoxy) is 1. The van der Waals surface area contributed by atoms with Crippen molar-refractivity contribution in [2.75, 3.05) is 56.2 Å². The third-order valence-corrected chi connectivity index (χ3v) is 8.09. The quantitative estimate of drug-likeness (QED) is 0.698. The third-order valence-electron chi connectivity index (χ3n) is 8.09. The molecular weight excluding hydrogens is 431 g/mol. The van der Waals surface area contributed by atoms with Crippen LogP contribution < -0.4 is 10.2 Å². The Morgan fingerprint density at radius 2 is 1.79 bits per heavy atom. The number of rotatable bonds is 5. The fraction of sp³-hybridized carbons (Fsp3) is 0.833. The number of hydrogen-bond acceptors (Lipinski definition) is 6. The van der Waals surface area contributed by atoms with E-state index in [1.165, 1.54) is 6.07 Å². The Bertz CT molecular complexity index is 802. The molecule has 0 radical (unpaired) electrons. The van der Waals surface area contributed by atoms with Gasteiger partial charge in [0.15, 0.2) is 11.6 Å². The summed E-state index contributed by atoms with van der Waals surface area (Å²) in [5, 5.41) is 11.4. The highest BCUT2D eigenvalue weighted by atomic mass is 19.4. The first-order chi connectivity index (χ1) is 15.8. The second kappa shape index (κ2) is 9.56. The van der Waals surface area contributed by atoms with E-state index in [1.807, 2.05) is 4.90 Å². The van der Waals surface area contributed by atoms with Crippen LogP contribution in [0.5, 0.6) is 0 Å². The van der Waals surface area contributed by atoms with Gasteiger partial charge >= 0.3 is 6.18 Å². The van der Waals surface area contributed by atoms with Crippen molar-refractivity contribution in [2.45, 2.75) is 57.7 Å². The molecule has 4 aliphatic rings. The Morgan fingerprint density at radius 1 is 1.06 bits per heavy atom.